The molecule has 0 aliphatic carbocycles. The van der Waals surface area contributed by atoms with Crippen LogP contribution in [0, 0.1) is 0 Å². The van der Waals surface area contributed by atoms with E-state index in [-0.39, 0.29) is 11.8 Å². The number of aliphatic hydroxyl groups excluding tert-OH is 1. The summed E-state index contributed by atoms with van der Waals surface area (Å²) in [5.41, 5.74) is 1.03. The number of piperidine rings is 1. The van der Waals surface area contributed by atoms with Crippen LogP contribution in [0.3, 0.4) is 0 Å². The Morgan fingerprint density at radius 3 is 2.41 bits per heavy atom. The Hall–Kier alpha value is -2.38. The van der Waals surface area contributed by atoms with Crippen LogP contribution in [-0.4, -0.2) is 28.1 Å². The van der Waals surface area contributed by atoms with Crippen molar-refractivity contribution in [3.05, 3.63) is 65.5 Å². The first kappa shape index (κ1) is 18.0. The van der Waals surface area contributed by atoms with Gasteiger partial charge in [-0.05, 0) is 42.5 Å². The van der Waals surface area contributed by atoms with E-state index in [0.717, 1.165) is 6.07 Å². The molecular formula is C20H19F3N2O2. The minimum atomic E-state index is -4.36. The third-order valence-corrected chi connectivity index (χ3v) is 5.11. The number of alkyl halides is 3. The highest BCUT2D eigenvalue weighted by Crippen LogP contribution is 2.39. The molecule has 0 saturated carbocycles. The van der Waals surface area contributed by atoms with Gasteiger partial charge < -0.3 is 9.52 Å². The van der Waals surface area contributed by atoms with E-state index in [1.807, 2.05) is 12.1 Å². The monoisotopic (exact) mass is 376 g/mol. The van der Waals surface area contributed by atoms with Crippen LogP contribution >= 0.6 is 0 Å². The van der Waals surface area contributed by atoms with Gasteiger partial charge in [0, 0.05) is 13.1 Å². The van der Waals surface area contributed by atoms with E-state index in [1.165, 1.54) is 6.07 Å². The van der Waals surface area contributed by atoms with Gasteiger partial charge in [-0.3, -0.25) is 4.90 Å². The summed E-state index contributed by atoms with van der Waals surface area (Å²) in [6.07, 6.45) is -4.29. The number of likely N-dealkylation sites (tertiary alicyclic amines) is 1. The van der Waals surface area contributed by atoms with Crippen molar-refractivity contribution in [1.29, 1.82) is 0 Å². The highest BCUT2D eigenvalue weighted by atomic mass is 19.4. The van der Waals surface area contributed by atoms with Crippen LogP contribution in [0.25, 0.3) is 11.1 Å². The summed E-state index contributed by atoms with van der Waals surface area (Å²) in [4.78, 5) is 6.09. The molecule has 0 amide bonds. The quantitative estimate of drug-likeness (QED) is 0.719. The third-order valence-electron chi connectivity index (χ3n) is 5.11. The second-order valence-electron chi connectivity index (χ2n) is 6.79. The molecule has 1 N–H and O–H groups in total. The van der Waals surface area contributed by atoms with Crippen molar-refractivity contribution < 1.29 is 22.7 Å². The molecule has 1 aliphatic rings. The van der Waals surface area contributed by atoms with Crippen molar-refractivity contribution in [1.82, 2.24) is 9.88 Å². The average molecular weight is 376 g/mol. The number of oxazole rings is 1. The molecule has 27 heavy (non-hydrogen) atoms. The van der Waals surface area contributed by atoms with Crippen LogP contribution in [0.1, 0.15) is 42.0 Å². The van der Waals surface area contributed by atoms with Gasteiger partial charge >= 0.3 is 6.18 Å². The smallest absolute Gasteiger partial charge is 0.416 e. The van der Waals surface area contributed by atoms with Crippen molar-refractivity contribution in [2.24, 2.45) is 0 Å². The molecule has 1 aromatic heterocycles. The minimum absolute atomic E-state index is 0.185. The third kappa shape index (κ3) is 3.57. The Kier molecular flexibility index (Phi) is 4.65. The van der Waals surface area contributed by atoms with Gasteiger partial charge in [0.1, 0.15) is 5.52 Å². The van der Waals surface area contributed by atoms with Crippen LogP contribution in [0.2, 0.25) is 0 Å². The number of halogens is 3. The molecule has 1 aliphatic heterocycles. The summed E-state index contributed by atoms with van der Waals surface area (Å²) in [5, 5.41) is 10.6. The lowest BCUT2D eigenvalue weighted by Gasteiger charge is -2.34. The fourth-order valence-electron chi connectivity index (χ4n) is 3.72. The lowest BCUT2D eigenvalue weighted by molar-refractivity contribution is -0.138. The zero-order chi connectivity index (χ0) is 19.0. The Bertz CT molecular complexity index is 897. The van der Waals surface area contributed by atoms with E-state index in [9.17, 15) is 18.3 Å². The lowest BCUT2D eigenvalue weighted by atomic mass is 9.86. The largest absolute Gasteiger partial charge is 0.436 e. The van der Waals surface area contributed by atoms with Gasteiger partial charge in [0.15, 0.2) is 11.8 Å². The van der Waals surface area contributed by atoms with Gasteiger partial charge in [-0.25, -0.2) is 4.98 Å². The zero-order valence-electron chi connectivity index (χ0n) is 14.5. The maximum Gasteiger partial charge on any atom is 0.416 e. The minimum Gasteiger partial charge on any atom is -0.436 e. The van der Waals surface area contributed by atoms with Gasteiger partial charge in [-0.1, -0.05) is 30.3 Å². The van der Waals surface area contributed by atoms with Crippen LogP contribution in [-0.2, 0) is 6.18 Å². The zero-order valence-corrected chi connectivity index (χ0v) is 14.5. The normalized spacial score (nSPS) is 18.1. The average Bonchev–Trinajstić information content (AvgIpc) is 3.11. The maximum absolute atomic E-state index is 13.3. The molecule has 7 heteroatoms. The fraction of sp³-hybridized carbons (Fsp3) is 0.350. The topological polar surface area (TPSA) is 49.5 Å². The van der Waals surface area contributed by atoms with E-state index in [4.69, 9.17) is 4.42 Å². The molecule has 142 valence electrons. The number of fused-ring (bicyclic) bond motifs is 1. The molecule has 3 aromatic rings. The predicted molar refractivity (Wildman–Crippen MR) is 94.0 cm³/mol. The fourth-order valence-corrected chi connectivity index (χ4v) is 3.72. The van der Waals surface area contributed by atoms with Gasteiger partial charge in [0.25, 0.3) is 0 Å². The second-order valence-corrected chi connectivity index (χ2v) is 6.79. The lowest BCUT2D eigenvalue weighted by Crippen LogP contribution is -2.36. The molecule has 1 atom stereocenters. The van der Waals surface area contributed by atoms with Gasteiger partial charge in [0.05, 0.1) is 5.56 Å². The van der Waals surface area contributed by atoms with E-state index in [0.29, 0.717) is 42.6 Å². The first-order valence-electron chi connectivity index (χ1n) is 8.87. The van der Waals surface area contributed by atoms with Gasteiger partial charge in [0.2, 0.25) is 5.89 Å². The Balaban J connectivity index is 1.48. The summed E-state index contributed by atoms with van der Waals surface area (Å²) in [7, 11) is 0. The second kappa shape index (κ2) is 6.98. The van der Waals surface area contributed by atoms with Crippen LogP contribution in [0.4, 0.5) is 13.2 Å². The van der Waals surface area contributed by atoms with E-state index in [1.54, 1.807) is 29.2 Å². The summed E-state index contributed by atoms with van der Waals surface area (Å²) in [6, 6.07) is 13.0. The Labute approximate surface area is 154 Å². The number of para-hydroxylation sites is 2. The Morgan fingerprint density at radius 1 is 1.04 bits per heavy atom. The number of rotatable bonds is 3. The van der Waals surface area contributed by atoms with Gasteiger partial charge in [-0.2, -0.15) is 13.2 Å². The SMILES string of the molecule is OC(c1nc2ccccc2o1)N1CCC(c2ccccc2C(F)(F)F)CC1. The first-order valence-corrected chi connectivity index (χ1v) is 8.87. The summed E-state index contributed by atoms with van der Waals surface area (Å²) < 4.78 is 45.4. The molecule has 1 saturated heterocycles. The van der Waals surface area contributed by atoms with Crippen LogP contribution in [0.15, 0.2) is 52.9 Å². The highest BCUT2D eigenvalue weighted by Gasteiger charge is 2.36. The summed E-state index contributed by atoms with van der Waals surface area (Å²) in [6.45, 7) is 0.938. The van der Waals surface area contributed by atoms with Crippen molar-refractivity contribution in [3.63, 3.8) is 0 Å². The number of hydrogen-bond acceptors (Lipinski definition) is 4. The molecule has 4 nitrogen and oxygen atoms in total. The van der Waals surface area contributed by atoms with Crippen molar-refractivity contribution >= 4 is 11.1 Å². The molecular weight excluding hydrogens is 357 g/mol. The molecule has 0 radical (unpaired) electrons. The van der Waals surface area contributed by atoms with Crippen molar-refractivity contribution in [2.45, 2.75) is 31.2 Å². The highest BCUT2D eigenvalue weighted by molar-refractivity contribution is 5.72. The maximum atomic E-state index is 13.3. The summed E-state index contributed by atoms with van der Waals surface area (Å²) in [5.74, 6) is 0.0280. The molecule has 2 heterocycles. The van der Waals surface area contributed by atoms with E-state index < -0.39 is 18.0 Å². The molecule has 0 bridgehead atoms. The molecule has 1 fully saturated rings. The molecule has 1 unspecified atom stereocenters. The molecule has 2 aromatic carbocycles. The molecule has 4 rings (SSSR count). The number of hydrogen-bond donors (Lipinski definition) is 1. The Morgan fingerprint density at radius 2 is 1.70 bits per heavy atom. The number of aliphatic hydroxyl groups is 1. The predicted octanol–water partition coefficient (Wildman–Crippen LogP) is 4.72. The number of benzene rings is 2. The van der Waals surface area contributed by atoms with Crippen molar-refractivity contribution in [3.8, 4) is 0 Å². The van der Waals surface area contributed by atoms with Crippen LogP contribution < -0.4 is 0 Å². The number of nitrogens with zero attached hydrogens (tertiary/aromatic N) is 2. The van der Waals surface area contributed by atoms with E-state index in [2.05, 4.69) is 4.98 Å². The van der Waals surface area contributed by atoms with Gasteiger partial charge in [-0.15, -0.1) is 0 Å². The van der Waals surface area contributed by atoms with E-state index >= 15 is 0 Å². The van der Waals surface area contributed by atoms with Crippen molar-refractivity contribution in [2.75, 3.05) is 13.1 Å². The number of aromatic nitrogens is 1. The first-order chi connectivity index (χ1) is 12.9. The van der Waals surface area contributed by atoms with Crippen LogP contribution in [0.5, 0.6) is 0 Å². The summed E-state index contributed by atoms with van der Waals surface area (Å²) >= 11 is 0. The standard InChI is InChI=1S/C20H19F3N2O2/c21-20(22,23)15-6-2-1-5-14(15)13-9-11-25(12-10-13)19(26)18-24-16-7-3-4-8-17(16)27-18/h1-8,13,19,26H,9-12H2. The molecule has 0 spiro atoms.